The summed E-state index contributed by atoms with van der Waals surface area (Å²) in [7, 11) is 1.57. The maximum atomic E-state index is 12.5. The second-order valence-corrected chi connectivity index (χ2v) is 6.12. The van der Waals surface area contributed by atoms with Crippen LogP contribution in [0.15, 0.2) is 16.7 Å². The van der Waals surface area contributed by atoms with Gasteiger partial charge >= 0.3 is 0 Å². The predicted molar refractivity (Wildman–Crippen MR) is 93.6 cm³/mol. The number of nitrogens with zero attached hydrogens (tertiary/aromatic N) is 2. The standard InChI is InChI=1S/C18H22N4O3/c1-10-5-6-11(2)16-15(10)12(3)17(21-16)18(23)19-8-7-14-20-13(9-24-4)22-25-14/h5-6,21H,7-9H2,1-4H3,(H,19,23). The third-order valence-electron chi connectivity index (χ3n) is 4.26. The van der Waals surface area contributed by atoms with Gasteiger partial charge in [0.1, 0.15) is 12.3 Å². The van der Waals surface area contributed by atoms with Gasteiger partial charge in [0.25, 0.3) is 5.91 Å². The molecule has 3 rings (SSSR count). The number of benzene rings is 1. The normalized spacial score (nSPS) is 11.2. The SMILES string of the molecule is COCc1noc(CCNC(=O)c2[nH]c3c(C)ccc(C)c3c2C)n1. The molecular formula is C18H22N4O3. The maximum Gasteiger partial charge on any atom is 0.268 e. The molecule has 3 aromatic rings. The highest BCUT2D eigenvalue weighted by atomic mass is 16.5. The molecule has 1 amide bonds. The molecule has 0 saturated heterocycles. The zero-order chi connectivity index (χ0) is 18.0. The van der Waals surface area contributed by atoms with E-state index in [2.05, 4.69) is 39.5 Å². The molecular weight excluding hydrogens is 320 g/mol. The van der Waals surface area contributed by atoms with E-state index in [9.17, 15) is 4.79 Å². The number of fused-ring (bicyclic) bond motifs is 1. The largest absolute Gasteiger partial charge is 0.377 e. The van der Waals surface area contributed by atoms with Crippen LogP contribution < -0.4 is 5.32 Å². The first kappa shape index (κ1) is 17.2. The van der Waals surface area contributed by atoms with E-state index in [1.807, 2.05) is 13.8 Å². The molecule has 0 aliphatic heterocycles. The molecule has 1 aromatic carbocycles. The highest BCUT2D eigenvalue weighted by Gasteiger charge is 2.17. The first-order valence-corrected chi connectivity index (χ1v) is 8.18. The van der Waals surface area contributed by atoms with Gasteiger partial charge in [0, 0.05) is 31.0 Å². The van der Waals surface area contributed by atoms with Crippen molar-refractivity contribution in [2.24, 2.45) is 0 Å². The van der Waals surface area contributed by atoms with Gasteiger partial charge in [0.15, 0.2) is 5.82 Å². The quantitative estimate of drug-likeness (QED) is 0.718. The Bertz CT molecular complexity index is 911. The number of aromatic amines is 1. The molecule has 2 heterocycles. The first-order valence-electron chi connectivity index (χ1n) is 8.18. The van der Waals surface area contributed by atoms with Gasteiger partial charge in [-0.15, -0.1) is 0 Å². The first-order chi connectivity index (χ1) is 12.0. The minimum absolute atomic E-state index is 0.135. The second kappa shape index (κ2) is 7.06. The minimum atomic E-state index is -0.135. The number of H-pyrrole nitrogens is 1. The van der Waals surface area contributed by atoms with Crippen molar-refractivity contribution in [1.29, 1.82) is 0 Å². The van der Waals surface area contributed by atoms with Crippen LogP contribution in [0.4, 0.5) is 0 Å². The Labute approximate surface area is 145 Å². The summed E-state index contributed by atoms with van der Waals surface area (Å²) < 4.78 is 10.1. The van der Waals surface area contributed by atoms with E-state index < -0.39 is 0 Å². The van der Waals surface area contributed by atoms with E-state index in [0.29, 0.717) is 37.0 Å². The number of aryl methyl sites for hydroxylation is 3. The van der Waals surface area contributed by atoms with Crippen LogP contribution in [0.1, 0.15) is 38.9 Å². The average molecular weight is 342 g/mol. The molecule has 132 valence electrons. The summed E-state index contributed by atoms with van der Waals surface area (Å²) in [5.74, 6) is 0.845. The van der Waals surface area contributed by atoms with Gasteiger partial charge in [-0.25, -0.2) is 0 Å². The fraction of sp³-hybridized carbons (Fsp3) is 0.389. The highest BCUT2D eigenvalue weighted by molar-refractivity contribution is 6.02. The topological polar surface area (TPSA) is 93.0 Å². The van der Waals surface area contributed by atoms with Crippen molar-refractivity contribution in [1.82, 2.24) is 20.4 Å². The number of carbonyl (C=O) groups is 1. The van der Waals surface area contributed by atoms with Gasteiger partial charge in [-0.05, 0) is 37.5 Å². The van der Waals surface area contributed by atoms with Crippen molar-refractivity contribution in [3.05, 3.63) is 46.2 Å². The summed E-state index contributed by atoms with van der Waals surface area (Å²) >= 11 is 0. The molecule has 0 saturated carbocycles. The van der Waals surface area contributed by atoms with E-state index in [1.54, 1.807) is 7.11 Å². The Hall–Kier alpha value is -2.67. The Kier molecular flexibility index (Phi) is 4.85. The third kappa shape index (κ3) is 3.41. The molecule has 7 heteroatoms. The van der Waals surface area contributed by atoms with Crippen LogP contribution in [0.25, 0.3) is 10.9 Å². The average Bonchev–Trinajstić information content (AvgIpc) is 3.17. The summed E-state index contributed by atoms with van der Waals surface area (Å²) in [6.45, 7) is 6.78. The van der Waals surface area contributed by atoms with E-state index in [4.69, 9.17) is 9.26 Å². The Balaban J connectivity index is 1.69. The fourth-order valence-corrected chi connectivity index (χ4v) is 2.98. The number of amides is 1. The molecule has 0 spiro atoms. The molecule has 0 unspecified atom stereocenters. The summed E-state index contributed by atoms with van der Waals surface area (Å²) in [5.41, 5.74) is 4.86. The number of ether oxygens (including phenoxy) is 1. The molecule has 0 radical (unpaired) electrons. The lowest BCUT2D eigenvalue weighted by molar-refractivity contribution is 0.0948. The fourth-order valence-electron chi connectivity index (χ4n) is 2.98. The summed E-state index contributed by atoms with van der Waals surface area (Å²) in [4.78, 5) is 20.0. The van der Waals surface area contributed by atoms with Gasteiger partial charge in [-0.1, -0.05) is 17.3 Å². The smallest absolute Gasteiger partial charge is 0.268 e. The van der Waals surface area contributed by atoms with Crippen molar-refractivity contribution in [3.8, 4) is 0 Å². The van der Waals surface area contributed by atoms with Crippen LogP contribution in [0.2, 0.25) is 0 Å². The lowest BCUT2D eigenvalue weighted by Gasteiger charge is -2.03. The number of hydrogen-bond donors (Lipinski definition) is 2. The molecule has 7 nitrogen and oxygen atoms in total. The summed E-state index contributed by atoms with van der Waals surface area (Å²) in [6.07, 6.45) is 0.472. The van der Waals surface area contributed by atoms with Crippen LogP contribution in [-0.4, -0.2) is 34.7 Å². The van der Waals surface area contributed by atoms with Crippen LogP contribution in [0.3, 0.4) is 0 Å². The molecule has 2 N–H and O–H groups in total. The zero-order valence-electron chi connectivity index (χ0n) is 14.9. The number of hydrogen-bond acceptors (Lipinski definition) is 5. The van der Waals surface area contributed by atoms with Crippen molar-refractivity contribution in [3.63, 3.8) is 0 Å². The maximum absolute atomic E-state index is 12.5. The zero-order valence-corrected chi connectivity index (χ0v) is 14.9. The van der Waals surface area contributed by atoms with Crippen molar-refractivity contribution >= 4 is 16.8 Å². The lowest BCUT2D eigenvalue weighted by Crippen LogP contribution is -2.26. The Morgan fingerprint density at radius 3 is 2.76 bits per heavy atom. The number of methoxy groups -OCH3 is 1. The molecule has 0 aliphatic carbocycles. The van der Waals surface area contributed by atoms with E-state index in [1.165, 1.54) is 0 Å². The number of rotatable bonds is 6. The van der Waals surface area contributed by atoms with E-state index in [-0.39, 0.29) is 5.91 Å². The van der Waals surface area contributed by atoms with Gasteiger partial charge in [-0.2, -0.15) is 4.98 Å². The number of nitrogens with one attached hydrogen (secondary N) is 2. The van der Waals surface area contributed by atoms with Gasteiger partial charge in [-0.3, -0.25) is 4.79 Å². The number of aromatic nitrogens is 3. The molecule has 0 bridgehead atoms. The van der Waals surface area contributed by atoms with E-state index >= 15 is 0 Å². The second-order valence-electron chi connectivity index (χ2n) is 6.12. The van der Waals surface area contributed by atoms with Gasteiger partial charge in [0.2, 0.25) is 5.89 Å². The van der Waals surface area contributed by atoms with Crippen molar-refractivity contribution in [2.45, 2.75) is 33.8 Å². The van der Waals surface area contributed by atoms with Gasteiger partial charge < -0.3 is 19.6 Å². The molecule has 2 aromatic heterocycles. The summed E-state index contributed by atoms with van der Waals surface area (Å²) in [6, 6.07) is 4.13. The van der Waals surface area contributed by atoms with Crippen LogP contribution in [0, 0.1) is 20.8 Å². The van der Waals surface area contributed by atoms with Gasteiger partial charge in [0.05, 0.1) is 0 Å². The van der Waals surface area contributed by atoms with E-state index in [0.717, 1.165) is 27.6 Å². The van der Waals surface area contributed by atoms with Crippen molar-refractivity contribution in [2.75, 3.05) is 13.7 Å². The van der Waals surface area contributed by atoms with Crippen molar-refractivity contribution < 1.29 is 14.1 Å². The molecule has 0 aliphatic rings. The third-order valence-corrected chi connectivity index (χ3v) is 4.26. The monoisotopic (exact) mass is 342 g/mol. The Morgan fingerprint density at radius 1 is 1.28 bits per heavy atom. The Morgan fingerprint density at radius 2 is 2.04 bits per heavy atom. The predicted octanol–water partition coefficient (Wildman–Crippen LogP) is 2.60. The number of carbonyl (C=O) groups excluding carboxylic acids is 1. The van der Waals surface area contributed by atoms with Crippen LogP contribution in [0.5, 0.6) is 0 Å². The van der Waals surface area contributed by atoms with Crippen LogP contribution >= 0.6 is 0 Å². The molecule has 0 atom stereocenters. The highest BCUT2D eigenvalue weighted by Crippen LogP contribution is 2.27. The van der Waals surface area contributed by atoms with Crippen LogP contribution in [-0.2, 0) is 17.8 Å². The lowest BCUT2D eigenvalue weighted by atomic mass is 10.0. The molecule has 0 fully saturated rings. The summed E-state index contributed by atoms with van der Waals surface area (Å²) in [5, 5.41) is 7.81. The minimum Gasteiger partial charge on any atom is -0.377 e. The molecule has 25 heavy (non-hydrogen) atoms.